The Bertz CT molecular complexity index is 216. The SMILES string of the molecule is CNC(C)C1CCN(CC(O)COC(C)C)CC1. The monoisotopic (exact) mass is 258 g/mol. The molecule has 2 N–H and O–H groups in total. The highest BCUT2D eigenvalue weighted by molar-refractivity contribution is 4.79. The summed E-state index contributed by atoms with van der Waals surface area (Å²) in [4.78, 5) is 2.35. The summed E-state index contributed by atoms with van der Waals surface area (Å²) in [6, 6.07) is 0.598. The van der Waals surface area contributed by atoms with Crippen LogP contribution in [-0.2, 0) is 4.74 Å². The number of nitrogens with one attached hydrogen (secondary N) is 1. The molecule has 0 amide bonds. The van der Waals surface area contributed by atoms with E-state index in [1.54, 1.807) is 0 Å². The van der Waals surface area contributed by atoms with Gasteiger partial charge in [0.05, 0.1) is 18.8 Å². The summed E-state index contributed by atoms with van der Waals surface area (Å²) >= 11 is 0. The molecule has 0 saturated carbocycles. The molecular formula is C14H30N2O2. The summed E-state index contributed by atoms with van der Waals surface area (Å²) in [5.74, 6) is 0.773. The maximum absolute atomic E-state index is 9.89. The van der Waals surface area contributed by atoms with E-state index in [4.69, 9.17) is 4.74 Å². The molecule has 0 radical (unpaired) electrons. The summed E-state index contributed by atoms with van der Waals surface area (Å²) in [5, 5.41) is 13.2. The van der Waals surface area contributed by atoms with Gasteiger partial charge in [0.15, 0.2) is 0 Å². The molecule has 0 spiro atoms. The normalized spacial score (nSPS) is 22.3. The Morgan fingerprint density at radius 3 is 2.39 bits per heavy atom. The summed E-state index contributed by atoms with van der Waals surface area (Å²) < 4.78 is 5.44. The lowest BCUT2D eigenvalue weighted by Gasteiger charge is -2.35. The highest BCUT2D eigenvalue weighted by Crippen LogP contribution is 2.20. The van der Waals surface area contributed by atoms with Crippen molar-refractivity contribution in [3.63, 3.8) is 0 Å². The first-order valence-corrected chi connectivity index (χ1v) is 7.22. The minimum Gasteiger partial charge on any atom is -0.389 e. The van der Waals surface area contributed by atoms with Crippen molar-refractivity contribution in [1.29, 1.82) is 0 Å². The molecule has 108 valence electrons. The number of aliphatic hydroxyl groups is 1. The topological polar surface area (TPSA) is 44.7 Å². The average molecular weight is 258 g/mol. The second-order valence-corrected chi connectivity index (χ2v) is 5.75. The van der Waals surface area contributed by atoms with Crippen LogP contribution in [0.5, 0.6) is 0 Å². The van der Waals surface area contributed by atoms with Crippen molar-refractivity contribution in [1.82, 2.24) is 10.2 Å². The standard InChI is InChI=1S/C14H30N2O2/c1-11(2)18-10-14(17)9-16-7-5-13(6-8-16)12(3)15-4/h11-15,17H,5-10H2,1-4H3. The number of rotatable bonds is 7. The summed E-state index contributed by atoms with van der Waals surface area (Å²) in [6.45, 7) is 9.63. The van der Waals surface area contributed by atoms with Crippen LogP contribution in [0.15, 0.2) is 0 Å². The predicted molar refractivity (Wildman–Crippen MR) is 74.8 cm³/mol. The molecule has 4 heteroatoms. The van der Waals surface area contributed by atoms with Crippen LogP contribution in [0.4, 0.5) is 0 Å². The number of piperidine rings is 1. The zero-order valence-electron chi connectivity index (χ0n) is 12.4. The van der Waals surface area contributed by atoms with E-state index in [9.17, 15) is 5.11 Å². The number of hydrogen-bond donors (Lipinski definition) is 2. The first-order valence-electron chi connectivity index (χ1n) is 7.22. The second-order valence-electron chi connectivity index (χ2n) is 5.75. The van der Waals surface area contributed by atoms with E-state index >= 15 is 0 Å². The number of aliphatic hydroxyl groups excluding tert-OH is 1. The van der Waals surface area contributed by atoms with Crippen molar-refractivity contribution in [2.45, 2.75) is 51.9 Å². The van der Waals surface area contributed by atoms with Gasteiger partial charge in [0.25, 0.3) is 0 Å². The lowest BCUT2D eigenvalue weighted by Crippen LogP contribution is -2.44. The zero-order chi connectivity index (χ0) is 13.5. The molecule has 2 atom stereocenters. The molecule has 0 aromatic carbocycles. The van der Waals surface area contributed by atoms with E-state index in [1.165, 1.54) is 12.8 Å². The van der Waals surface area contributed by atoms with Crippen molar-refractivity contribution >= 4 is 0 Å². The molecule has 1 saturated heterocycles. The van der Waals surface area contributed by atoms with Gasteiger partial charge in [-0.1, -0.05) is 0 Å². The summed E-state index contributed by atoms with van der Waals surface area (Å²) in [7, 11) is 2.03. The van der Waals surface area contributed by atoms with Crippen LogP contribution in [0.2, 0.25) is 0 Å². The van der Waals surface area contributed by atoms with Crippen LogP contribution in [0, 0.1) is 5.92 Å². The molecule has 0 aromatic rings. The number of nitrogens with zero attached hydrogens (tertiary/aromatic N) is 1. The van der Waals surface area contributed by atoms with Crippen LogP contribution in [-0.4, -0.2) is 61.5 Å². The van der Waals surface area contributed by atoms with E-state index in [-0.39, 0.29) is 12.2 Å². The second kappa shape index (κ2) is 8.10. The van der Waals surface area contributed by atoms with E-state index in [0.29, 0.717) is 12.6 Å². The van der Waals surface area contributed by atoms with Crippen molar-refractivity contribution in [3.05, 3.63) is 0 Å². The van der Waals surface area contributed by atoms with Gasteiger partial charge < -0.3 is 20.1 Å². The van der Waals surface area contributed by atoms with Gasteiger partial charge >= 0.3 is 0 Å². The minimum absolute atomic E-state index is 0.196. The Hall–Kier alpha value is -0.160. The van der Waals surface area contributed by atoms with Crippen LogP contribution in [0.25, 0.3) is 0 Å². The molecule has 4 nitrogen and oxygen atoms in total. The first-order chi connectivity index (χ1) is 8.52. The van der Waals surface area contributed by atoms with Crippen molar-refractivity contribution in [3.8, 4) is 0 Å². The molecule has 1 rings (SSSR count). The Labute approximate surface area is 112 Å². The summed E-state index contributed by atoms with van der Waals surface area (Å²) in [5.41, 5.74) is 0. The molecule has 1 heterocycles. The van der Waals surface area contributed by atoms with E-state index in [2.05, 4.69) is 17.1 Å². The van der Waals surface area contributed by atoms with Gasteiger partial charge in [-0.2, -0.15) is 0 Å². The fourth-order valence-corrected chi connectivity index (χ4v) is 2.53. The predicted octanol–water partition coefficient (Wildman–Crippen LogP) is 1.09. The fourth-order valence-electron chi connectivity index (χ4n) is 2.53. The average Bonchev–Trinajstić information content (AvgIpc) is 2.36. The fraction of sp³-hybridized carbons (Fsp3) is 1.00. The summed E-state index contributed by atoms with van der Waals surface area (Å²) in [6.07, 6.45) is 2.28. The van der Waals surface area contributed by atoms with Crippen molar-refractivity contribution < 1.29 is 9.84 Å². The smallest absolute Gasteiger partial charge is 0.0900 e. The molecule has 0 aromatic heterocycles. The Kier molecular flexibility index (Phi) is 7.15. The number of hydrogen-bond acceptors (Lipinski definition) is 4. The molecule has 1 fully saturated rings. The molecule has 2 unspecified atom stereocenters. The van der Waals surface area contributed by atoms with Gasteiger partial charge in [-0.05, 0) is 59.7 Å². The van der Waals surface area contributed by atoms with E-state index in [1.807, 2.05) is 20.9 Å². The lowest BCUT2D eigenvalue weighted by atomic mass is 9.90. The lowest BCUT2D eigenvalue weighted by molar-refractivity contribution is -0.0130. The van der Waals surface area contributed by atoms with Gasteiger partial charge in [-0.25, -0.2) is 0 Å². The van der Waals surface area contributed by atoms with Crippen LogP contribution < -0.4 is 5.32 Å². The van der Waals surface area contributed by atoms with Gasteiger partial charge in [0.1, 0.15) is 0 Å². The largest absolute Gasteiger partial charge is 0.389 e. The van der Waals surface area contributed by atoms with E-state index in [0.717, 1.165) is 25.6 Å². The van der Waals surface area contributed by atoms with Gasteiger partial charge in [0.2, 0.25) is 0 Å². The molecule has 1 aliphatic heterocycles. The molecule has 0 bridgehead atoms. The Morgan fingerprint density at radius 1 is 1.28 bits per heavy atom. The third-order valence-electron chi connectivity index (χ3n) is 3.89. The van der Waals surface area contributed by atoms with E-state index < -0.39 is 0 Å². The number of likely N-dealkylation sites (tertiary alicyclic amines) is 1. The zero-order valence-corrected chi connectivity index (χ0v) is 12.4. The molecule has 0 aliphatic carbocycles. The highest BCUT2D eigenvalue weighted by Gasteiger charge is 2.24. The van der Waals surface area contributed by atoms with Gasteiger partial charge in [-0.3, -0.25) is 0 Å². The Balaban J connectivity index is 2.18. The minimum atomic E-state index is -0.356. The maximum Gasteiger partial charge on any atom is 0.0900 e. The van der Waals surface area contributed by atoms with Gasteiger partial charge in [-0.15, -0.1) is 0 Å². The highest BCUT2D eigenvalue weighted by atomic mass is 16.5. The van der Waals surface area contributed by atoms with Crippen LogP contribution >= 0.6 is 0 Å². The van der Waals surface area contributed by atoms with Crippen molar-refractivity contribution in [2.75, 3.05) is 33.3 Å². The molecule has 1 aliphatic rings. The third kappa shape index (κ3) is 5.65. The number of ether oxygens (including phenoxy) is 1. The first kappa shape index (κ1) is 15.9. The molecule has 18 heavy (non-hydrogen) atoms. The molecular weight excluding hydrogens is 228 g/mol. The van der Waals surface area contributed by atoms with Crippen molar-refractivity contribution in [2.24, 2.45) is 5.92 Å². The quantitative estimate of drug-likeness (QED) is 0.717. The van der Waals surface area contributed by atoms with Crippen LogP contribution in [0.1, 0.15) is 33.6 Å². The third-order valence-corrected chi connectivity index (χ3v) is 3.89. The maximum atomic E-state index is 9.89. The number of β-amino-alcohol motifs (C(OH)–C–C–N with tert-alkyl or cyclic N) is 1. The Morgan fingerprint density at radius 2 is 1.89 bits per heavy atom. The van der Waals surface area contributed by atoms with Crippen LogP contribution in [0.3, 0.4) is 0 Å². The van der Waals surface area contributed by atoms with Gasteiger partial charge in [0, 0.05) is 12.6 Å².